The second-order valence-electron chi connectivity index (χ2n) is 21.3. The maximum absolute atomic E-state index is 12.6. The zero-order valence-corrected chi connectivity index (χ0v) is 52.9. The standard InChI is InChI=1S/C27H28O6.C23H26O6.C22H27BO7/c1-3-19(2)26(29)32-17-7-6-16-31-22-13-10-21(11-14-22)27(30)33-25-15-12-20-8-4-5-9-23(20)24(25)18-28;1-3-17(2)22(25)28-15-5-4-14-27-20-12-8-19(9-13-20)23(26)29-21-10-6-18(16-24)7-11-21;1-3-16(2)21(24)29-15-5-4-14-28-19-10-6-17(7-11-19)22(25)30-20-12-8-18(9-13-20)23(26)27/h4-5,8-15,18-19H,3,6-7,16-17H2,1-2H3;6-13,16-17H,3-5,14-15H2,1-2H3;6-13,16,26-27H,3-5,14-15H2,1-2H3. The minimum absolute atomic E-state index is 0.0628. The van der Waals surface area contributed by atoms with Crippen molar-refractivity contribution in [2.24, 2.45) is 17.8 Å². The van der Waals surface area contributed by atoms with Gasteiger partial charge < -0.3 is 52.7 Å². The third-order valence-electron chi connectivity index (χ3n) is 14.3. The van der Waals surface area contributed by atoms with Gasteiger partial charge in [-0.1, -0.05) is 84.0 Å². The fourth-order valence-corrected chi connectivity index (χ4v) is 7.99. The molecule has 0 spiro atoms. The summed E-state index contributed by atoms with van der Waals surface area (Å²) in [4.78, 5) is 93.9. The highest BCUT2D eigenvalue weighted by atomic mass is 16.6. The van der Waals surface area contributed by atoms with Crippen molar-refractivity contribution in [2.75, 3.05) is 39.6 Å². The van der Waals surface area contributed by atoms with E-state index in [9.17, 15) is 38.4 Å². The first-order valence-corrected chi connectivity index (χ1v) is 30.8. The molecule has 0 fully saturated rings. The van der Waals surface area contributed by atoms with Gasteiger partial charge in [0.25, 0.3) is 0 Å². The maximum Gasteiger partial charge on any atom is 0.488 e. The molecule has 7 aromatic rings. The Labute approximate surface area is 537 Å². The average Bonchev–Trinajstić information content (AvgIpc) is 0.880. The number of rotatable bonds is 33. The van der Waals surface area contributed by atoms with Gasteiger partial charge in [-0.05, 0) is 189 Å². The van der Waals surface area contributed by atoms with Crippen molar-refractivity contribution in [3.63, 3.8) is 0 Å². The number of hydrogen-bond acceptors (Lipinski definition) is 19. The van der Waals surface area contributed by atoms with Crippen molar-refractivity contribution in [3.8, 4) is 34.5 Å². The Balaban J connectivity index is 0.000000251. The van der Waals surface area contributed by atoms with Crippen LogP contribution in [0.15, 0.2) is 158 Å². The maximum atomic E-state index is 12.6. The van der Waals surface area contributed by atoms with Gasteiger partial charge >= 0.3 is 42.9 Å². The summed E-state index contributed by atoms with van der Waals surface area (Å²) in [6.07, 6.45) is 8.16. The van der Waals surface area contributed by atoms with Crippen LogP contribution < -0.4 is 33.9 Å². The van der Waals surface area contributed by atoms with Gasteiger partial charge in [0, 0.05) is 5.56 Å². The number of benzene rings is 7. The van der Waals surface area contributed by atoms with Gasteiger partial charge in [-0.3, -0.25) is 24.0 Å². The Morgan fingerprint density at radius 3 is 1.11 bits per heavy atom. The van der Waals surface area contributed by atoms with Gasteiger partial charge in [-0.25, -0.2) is 14.4 Å². The zero-order chi connectivity index (χ0) is 66.6. The fraction of sp³-hybridized carbons (Fsp3) is 0.333. The van der Waals surface area contributed by atoms with Crippen LogP contribution in [0.2, 0.25) is 0 Å². The number of carbonyl (C=O) groups is 8. The monoisotopic (exact) mass is 1260 g/mol. The van der Waals surface area contributed by atoms with Crippen molar-refractivity contribution in [1.82, 2.24) is 0 Å². The third-order valence-corrected chi connectivity index (χ3v) is 14.3. The summed E-state index contributed by atoms with van der Waals surface area (Å²) in [7, 11) is -1.57. The molecule has 0 heterocycles. The number of esters is 6. The van der Waals surface area contributed by atoms with Gasteiger partial charge in [-0.2, -0.15) is 0 Å². The first kappa shape index (κ1) is 73.1. The largest absolute Gasteiger partial charge is 0.494 e. The van der Waals surface area contributed by atoms with Crippen LogP contribution >= 0.6 is 0 Å². The predicted octanol–water partition coefficient (Wildman–Crippen LogP) is 12.4. The first-order chi connectivity index (χ1) is 44.5. The van der Waals surface area contributed by atoms with Crippen LogP contribution in [-0.2, 0) is 28.6 Å². The Hall–Kier alpha value is -9.66. The highest BCUT2D eigenvalue weighted by Gasteiger charge is 2.18. The lowest BCUT2D eigenvalue weighted by Crippen LogP contribution is -2.29. The molecule has 0 saturated carbocycles. The van der Waals surface area contributed by atoms with E-state index in [4.69, 9.17) is 52.7 Å². The molecule has 0 aromatic heterocycles. The number of hydrogen-bond donors (Lipinski definition) is 2. The summed E-state index contributed by atoms with van der Waals surface area (Å²) < 4.78 is 48.5. The van der Waals surface area contributed by atoms with Crippen molar-refractivity contribution in [1.29, 1.82) is 0 Å². The fourth-order valence-electron chi connectivity index (χ4n) is 7.99. The average molecular weight is 1260 g/mol. The van der Waals surface area contributed by atoms with Gasteiger partial charge in [-0.15, -0.1) is 0 Å². The summed E-state index contributed by atoms with van der Waals surface area (Å²) in [6.45, 7) is 14.0. The van der Waals surface area contributed by atoms with E-state index in [0.717, 1.165) is 74.8 Å². The minimum Gasteiger partial charge on any atom is -0.494 e. The second kappa shape index (κ2) is 40.2. The smallest absolute Gasteiger partial charge is 0.488 e. The predicted molar refractivity (Wildman–Crippen MR) is 347 cm³/mol. The topological polar surface area (TPSA) is 260 Å². The summed E-state index contributed by atoms with van der Waals surface area (Å²) in [5, 5.41) is 19.8. The molecule has 92 heavy (non-hydrogen) atoms. The molecular formula is C72H81BO19. The van der Waals surface area contributed by atoms with E-state index in [1.807, 2.05) is 71.9 Å². The van der Waals surface area contributed by atoms with Crippen molar-refractivity contribution in [3.05, 3.63) is 186 Å². The molecular weight excluding hydrogens is 1180 g/mol. The molecule has 0 amide bonds. The molecule has 0 saturated heterocycles. The molecule has 0 aliphatic heterocycles. The van der Waals surface area contributed by atoms with Gasteiger partial charge in [0.15, 0.2) is 6.29 Å². The summed E-state index contributed by atoms with van der Waals surface area (Å²) in [5.74, 6) is 0.549. The molecule has 3 atom stereocenters. The zero-order valence-electron chi connectivity index (χ0n) is 52.9. The van der Waals surface area contributed by atoms with E-state index in [1.165, 1.54) is 24.3 Å². The lowest BCUT2D eigenvalue weighted by molar-refractivity contribution is -0.149. The second-order valence-corrected chi connectivity index (χ2v) is 21.3. The van der Waals surface area contributed by atoms with E-state index >= 15 is 0 Å². The SMILES string of the molecule is CCC(C)C(=O)OCCCCOc1ccc(C(=O)Oc2ccc(B(O)O)cc2)cc1.CCC(C)C(=O)OCCCCOc1ccc(C(=O)Oc2ccc(C=O)cc2)cc1.CCC(C)C(=O)OCCCCOc1ccc(C(=O)Oc2ccc3ccccc3c2C=O)cc1. The molecule has 0 aliphatic rings. The van der Waals surface area contributed by atoms with Crippen LogP contribution in [0.5, 0.6) is 34.5 Å². The number of carbonyl (C=O) groups excluding carboxylic acids is 8. The summed E-state index contributed by atoms with van der Waals surface area (Å²) in [5.41, 5.74) is 2.28. The van der Waals surface area contributed by atoms with Crippen molar-refractivity contribution >= 4 is 71.7 Å². The molecule has 7 aromatic carbocycles. The van der Waals surface area contributed by atoms with E-state index in [2.05, 4.69) is 0 Å². The van der Waals surface area contributed by atoms with E-state index < -0.39 is 25.0 Å². The first-order valence-electron chi connectivity index (χ1n) is 30.8. The Bertz CT molecular complexity index is 3420. The van der Waals surface area contributed by atoms with E-state index in [-0.39, 0.29) is 41.4 Å². The Morgan fingerprint density at radius 1 is 0.402 bits per heavy atom. The summed E-state index contributed by atoms with van der Waals surface area (Å²) in [6, 6.07) is 43.0. The van der Waals surface area contributed by atoms with Crippen LogP contribution in [0.4, 0.5) is 0 Å². The number of unbranched alkanes of at least 4 members (excludes halogenated alkanes) is 3. The Kier molecular flexibility index (Phi) is 31.9. The van der Waals surface area contributed by atoms with Crippen LogP contribution in [0, 0.1) is 17.8 Å². The molecule has 20 heteroatoms. The van der Waals surface area contributed by atoms with Crippen LogP contribution in [-0.4, -0.2) is 105 Å². The van der Waals surface area contributed by atoms with Crippen molar-refractivity contribution < 1.29 is 91.0 Å². The van der Waals surface area contributed by atoms with Crippen LogP contribution in [0.25, 0.3) is 10.8 Å². The lowest BCUT2D eigenvalue weighted by atomic mass is 9.80. The number of fused-ring (bicyclic) bond motifs is 1. The number of ether oxygens (including phenoxy) is 9. The molecule has 19 nitrogen and oxygen atoms in total. The molecule has 7 rings (SSSR count). The van der Waals surface area contributed by atoms with Crippen LogP contribution in [0.1, 0.15) is 151 Å². The molecule has 3 unspecified atom stereocenters. The third kappa shape index (κ3) is 25.3. The Morgan fingerprint density at radius 2 is 0.750 bits per heavy atom. The van der Waals surface area contributed by atoms with Crippen LogP contribution in [0.3, 0.4) is 0 Å². The molecule has 2 N–H and O–H groups in total. The number of aldehydes is 2. The molecule has 0 bridgehead atoms. The van der Waals surface area contributed by atoms with Gasteiger partial charge in [0.2, 0.25) is 0 Å². The normalized spacial score (nSPS) is 11.5. The quantitative estimate of drug-likeness (QED) is 0.00967. The molecule has 0 radical (unpaired) electrons. The van der Waals surface area contributed by atoms with Gasteiger partial charge in [0.1, 0.15) is 40.8 Å². The van der Waals surface area contributed by atoms with E-state index in [1.54, 1.807) is 103 Å². The highest BCUT2D eigenvalue weighted by molar-refractivity contribution is 6.58. The minimum atomic E-state index is -1.57. The summed E-state index contributed by atoms with van der Waals surface area (Å²) >= 11 is 0. The van der Waals surface area contributed by atoms with Gasteiger partial charge in [0.05, 0.1) is 79.6 Å². The molecule has 486 valence electrons. The highest BCUT2D eigenvalue weighted by Crippen LogP contribution is 2.28. The van der Waals surface area contributed by atoms with Crippen molar-refractivity contribution in [2.45, 2.75) is 99.3 Å². The lowest BCUT2D eigenvalue weighted by Gasteiger charge is -2.11. The molecule has 0 aliphatic carbocycles. The van der Waals surface area contributed by atoms with E-state index in [0.29, 0.717) is 108 Å².